The van der Waals surface area contributed by atoms with Crippen molar-refractivity contribution in [1.29, 1.82) is 0 Å². The Bertz CT molecular complexity index is 514. The highest BCUT2D eigenvalue weighted by Gasteiger charge is 2.15. The van der Waals surface area contributed by atoms with Gasteiger partial charge in [-0.25, -0.2) is 4.98 Å². The number of benzene rings is 1. The first-order valence-electron chi connectivity index (χ1n) is 5.23. The summed E-state index contributed by atoms with van der Waals surface area (Å²) in [5.74, 6) is -0.0984. The van der Waals surface area contributed by atoms with E-state index in [1.807, 2.05) is 0 Å². The van der Waals surface area contributed by atoms with Crippen molar-refractivity contribution in [3.05, 3.63) is 35.6 Å². The Labute approximate surface area is 113 Å². The summed E-state index contributed by atoms with van der Waals surface area (Å²) in [5, 5.41) is 10.2. The molecule has 2 rings (SSSR count). The van der Waals surface area contributed by atoms with Crippen molar-refractivity contribution in [2.75, 3.05) is 5.32 Å². The normalized spacial score (nSPS) is 12.1. The number of carbonyl (C=O) groups is 1. The molecule has 0 aliphatic rings. The van der Waals surface area contributed by atoms with Crippen LogP contribution in [0, 0.1) is 0 Å². The van der Waals surface area contributed by atoms with Crippen molar-refractivity contribution in [2.24, 2.45) is 0 Å². The summed E-state index contributed by atoms with van der Waals surface area (Å²) in [5.41, 5.74) is 0.717. The minimum atomic E-state index is -0.270. The number of anilines is 1. The Kier molecular flexibility index (Phi) is 4.22. The van der Waals surface area contributed by atoms with Crippen LogP contribution in [-0.4, -0.2) is 26.3 Å². The highest BCUT2D eigenvalue weighted by atomic mass is 35.5. The number of nitrogens with one attached hydrogen (secondary N) is 2. The maximum absolute atomic E-state index is 11.9. The molecule has 0 unspecified atom stereocenters. The largest absolute Gasteiger partial charge is 0.325 e. The van der Waals surface area contributed by atoms with E-state index >= 15 is 0 Å². The topological polar surface area (TPSA) is 70.7 Å². The molecule has 0 spiro atoms. The molecule has 0 aliphatic heterocycles. The molecule has 0 radical (unpaired) electrons. The molecule has 5 nitrogen and oxygen atoms in total. The van der Waals surface area contributed by atoms with Crippen LogP contribution in [-0.2, 0) is 4.79 Å². The molecular weight excluding hydrogens is 272 g/mol. The fourth-order valence-electron chi connectivity index (χ4n) is 1.25. The number of hydrogen-bond donors (Lipinski definition) is 2. The zero-order chi connectivity index (χ0) is 13.0. The highest BCUT2D eigenvalue weighted by molar-refractivity contribution is 8.00. The first-order chi connectivity index (χ1) is 8.65. The molecule has 1 atom stereocenters. The van der Waals surface area contributed by atoms with Crippen LogP contribution in [0.15, 0.2) is 35.7 Å². The molecule has 7 heteroatoms. The molecule has 1 aromatic heterocycles. The number of aromatic nitrogens is 3. The quantitative estimate of drug-likeness (QED) is 0.846. The monoisotopic (exact) mass is 282 g/mol. The van der Waals surface area contributed by atoms with Gasteiger partial charge in [0.15, 0.2) is 5.16 Å². The SMILES string of the molecule is C[C@H](Sc1ncn[nH]1)C(=O)Nc1ccc(Cl)cc1. The molecule has 2 aromatic rings. The molecule has 0 fully saturated rings. The van der Waals surface area contributed by atoms with Crippen molar-refractivity contribution in [1.82, 2.24) is 15.2 Å². The number of halogens is 1. The van der Waals surface area contributed by atoms with Crippen molar-refractivity contribution < 1.29 is 4.79 Å². The lowest BCUT2D eigenvalue weighted by Gasteiger charge is -2.10. The van der Waals surface area contributed by atoms with E-state index in [0.717, 1.165) is 5.69 Å². The van der Waals surface area contributed by atoms with Crippen LogP contribution in [0.5, 0.6) is 0 Å². The summed E-state index contributed by atoms with van der Waals surface area (Å²) in [7, 11) is 0. The van der Waals surface area contributed by atoms with Gasteiger partial charge >= 0.3 is 0 Å². The van der Waals surface area contributed by atoms with Crippen molar-refractivity contribution in [3.8, 4) is 0 Å². The number of amides is 1. The van der Waals surface area contributed by atoms with E-state index in [-0.39, 0.29) is 11.2 Å². The van der Waals surface area contributed by atoms with E-state index in [0.29, 0.717) is 10.2 Å². The summed E-state index contributed by atoms with van der Waals surface area (Å²) < 4.78 is 0. The van der Waals surface area contributed by atoms with Crippen LogP contribution in [0.25, 0.3) is 0 Å². The van der Waals surface area contributed by atoms with Crippen molar-refractivity contribution >= 4 is 35.0 Å². The molecule has 1 aromatic carbocycles. The van der Waals surface area contributed by atoms with Gasteiger partial charge in [-0.15, -0.1) is 0 Å². The second kappa shape index (κ2) is 5.88. The maximum atomic E-state index is 11.9. The predicted molar refractivity (Wildman–Crippen MR) is 71.8 cm³/mol. The third-order valence-electron chi connectivity index (χ3n) is 2.16. The number of hydrogen-bond acceptors (Lipinski definition) is 4. The molecule has 94 valence electrons. The summed E-state index contributed by atoms with van der Waals surface area (Å²) >= 11 is 7.08. The molecular formula is C11H11ClN4OS. The number of H-pyrrole nitrogens is 1. The van der Waals surface area contributed by atoms with Gasteiger partial charge in [0.2, 0.25) is 5.91 Å². The Morgan fingerprint density at radius 3 is 2.78 bits per heavy atom. The lowest BCUT2D eigenvalue weighted by Crippen LogP contribution is -2.22. The van der Waals surface area contributed by atoms with E-state index in [1.165, 1.54) is 18.1 Å². The summed E-state index contributed by atoms with van der Waals surface area (Å²) in [6.07, 6.45) is 1.41. The number of rotatable bonds is 4. The molecule has 0 aliphatic carbocycles. The van der Waals surface area contributed by atoms with Crippen LogP contribution in [0.3, 0.4) is 0 Å². The zero-order valence-electron chi connectivity index (χ0n) is 9.55. The van der Waals surface area contributed by atoms with Crippen LogP contribution in [0.2, 0.25) is 5.02 Å². The Morgan fingerprint density at radius 2 is 2.17 bits per heavy atom. The second-order valence-electron chi connectivity index (χ2n) is 3.55. The molecule has 2 N–H and O–H groups in total. The van der Waals surface area contributed by atoms with Gasteiger partial charge in [-0.1, -0.05) is 23.4 Å². The van der Waals surface area contributed by atoms with E-state index < -0.39 is 0 Å². The van der Waals surface area contributed by atoms with Crippen molar-refractivity contribution in [3.63, 3.8) is 0 Å². The van der Waals surface area contributed by atoms with E-state index in [1.54, 1.807) is 31.2 Å². The summed E-state index contributed by atoms with van der Waals surface area (Å²) in [4.78, 5) is 15.9. The molecule has 1 amide bonds. The molecule has 0 saturated heterocycles. The van der Waals surface area contributed by atoms with E-state index in [2.05, 4.69) is 20.5 Å². The lowest BCUT2D eigenvalue weighted by atomic mass is 10.3. The first-order valence-corrected chi connectivity index (χ1v) is 6.49. The van der Waals surface area contributed by atoms with Gasteiger partial charge in [0.05, 0.1) is 5.25 Å². The Hall–Kier alpha value is -1.53. The van der Waals surface area contributed by atoms with Crippen molar-refractivity contribution in [2.45, 2.75) is 17.3 Å². The lowest BCUT2D eigenvalue weighted by molar-refractivity contribution is -0.115. The van der Waals surface area contributed by atoms with Gasteiger partial charge in [0, 0.05) is 10.7 Å². The predicted octanol–water partition coefficient (Wildman–Crippen LogP) is 2.58. The van der Waals surface area contributed by atoms with Gasteiger partial charge in [0.1, 0.15) is 6.33 Å². The maximum Gasteiger partial charge on any atom is 0.237 e. The van der Waals surface area contributed by atoms with Gasteiger partial charge in [-0.2, -0.15) is 5.10 Å². The number of nitrogens with zero attached hydrogens (tertiary/aromatic N) is 2. The third-order valence-corrected chi connectivity index (χ3v) is 3.40. The molecule has 18 heavy (non-hydrogen) atoms. The van der Waals surface area contributed by atoms with Crippen LogP contribution in [0.1, 0.15) is 6.92 Å². The Morgan fingerprint density at radius 1 is 1.44 bits per heavy atom. The fourth-order valence-corrected chi connectivity index (χ4v) is 2.09. The van der Waals surface area contributed by atoms with Gasteiger partial charge in [-0.05, 0) is 31.2 Å². The summed E-state index contributed by atoms with van der Waals surface area (Å²) in [6, 6.07) is 6.97. The number of thioether (sulfide) groups is 1. The zero-order valence-corrected chi connectivity index (χ0v) is 11.1. The standard InChI is InChI=1S/C11H11ClN4OS/c1-7(18-11-13-6-14-16-11)10(17)15-9-4-2-8(12)3-5-9/h2-7H,1H3,(H,15,17)(H,13,14,16)/t7-/m0/s1. The van der Waals surface area contributed by atoms with Crippen LogP contribution in [0.4, 0.5) is 5.69 Å². The molecule has 1 heterocycles. The second-order valence-corrected chi connectivity index (χ2v) is 5.31. The van der Waals surface area contributed by atoms with Gasteiger partial charge in [-0.3, -0.25) is 9.89 Å². The smallest absolute Gasteiger partial charge is 0.237 e. The van der Waals surface area contributed by atoms with Gasteiger partial charge < -0.3 is 5.32 Å². The minimum Gasteiger partial charge on any atom is -0.325 e. The average molecular weight is 283 g/mol. The highest BCUT2D eigenvalue weighted by Crippen LogP contribution is 2.20. The van der Waals surface area contributed by atoms with Gasteiger partial charge in [0.25, 0.3) is 0 Å². The van der Waals surface area contributed by atoms with Crippen LogP contribution < -0.4 is 5.32 Å². The van der Waals surface area contributed by atoms with E-state index in [4.69, 9.17) is 11.6 Å². The van der Waals surface area contributed by atoms with E-state index in [9.17, 15) is 4.79 Å². The van der Waals surface area contributed by atoms with Crippen LogP contribution >= 0.6 is 23.4 Å². The minimum absolute atomic E-state index is 0.0984. The number of carbonyl (C=O) groups excluding carboxylic acids is 1. The molecule has 0 bridgehead atoms. The number of aromatic amines is 1. The fraction of sp³-hybridized carbons (Fsp3) is 0.182. The first kappa shape index (κ1) is 12.9. The summed E-state index contributed by atoms with van der Waals surface area (Å²) in [6.45, 7) is 1.80. The molecule has 0 saturated carbocycles. The average Bonchev–Trinajstić information content (AvgIpc) is 2.85. The third kappa shape index (κ3) is 3.48. The Balaban J connectivity index is 1.93.